The number of rotatable bonds is 6. The fourth-order valence-electron chi connectivity index (χ4n) is 5.36. The number of anilines is 3. The molecule has 0 aliphatic carbocycles. The van der Waals surface area contributed by atoms with Crippen molar-refractivity contribution in [1.82, 2.24) is 25.1 Å². The monoisotopic (exact) mass is 531 g/mol. The largest absolute Gasteiger partial charge is 0.453 e. The van der Waals surface area contributed by atoms with Crippen molar-refractivity contribution in [3.05, 3.63) is 79.3 Å². The molecule has 1 saturated heterocycles. The molecule has 3 aromatic heterocycles. The Labute approximate surface area is 231 Å². The van der Waals surface area contributed by atoms with Gasteiger partial charge in [0.05, 0.1) is 30.8 Å². The summed E-state index contributed by atoms with van der Waals surface area (Å²) in [6.45, 7) is 9.07. The Morgan fingerprint density at radius 1 is 0.850 bits per heavy atom. The number of hydrogen-bond donors (Lipinski definition) is 2. The van der Waals surface area contributed by atoms with Crippen LogP contribution in [0.3, 0.4) is 0 Å². The molecule has 9 nitrogen and oxygen atoms in total. The minimum Gasteiger partial charge on any atom is -0.453 e. The van der Waals surface area contributed by atoms with Gasteiger partial charge in [-0.05, 0) is 47.5 Å². The second-order valence-corrected chi connectivity index (χ2v) is 10.0. The molecule has 0 radical (unpaired) electrons. The lowest BCUT2D eigenvalue weighted by atomic mass is 10.0. The van der Waals surface area contributed by atoms with Crippen LogP contribution in [0, 0.1) is 0 Å². The van der Waals surface area contributed by atoms with E-state index in [0.717, 1.165) is 101 Å². The summed E-state index contributed by atoms with van der Waals surface area (Å²) in [5.41, 5.74) is 13.6. The zero-order valence-corrected chi connectivity index (χ0v) is 22.0. The number of pyridine rings is 2. The number of aromatic nitrogens is 4. The minimum atomic E-state index is 0.465. The number of H-pyrrole nitrogens is 1. The van der Waals surface area contributed by atoms with Crippen LogP contribution in [0.1, 0.15) is 5.56 Å². The van der Waals surface area contributed by atoms with Crippen molar-refractivity contribution in [1.29, 1.82) is 0 Å². The molecule has 2 aliphatic rings. The molecule has 9 heteroatoms. The summed E-state index contributed by atoms with van der Waals surface area (Å²) >= 11 is 0. The zero-order valence-electron chi connectivity index (χ0n) is 22.0. The Morgan fingerprint density at radius 2 is 1.55 bits per heavy atom. The van der Waals surface area contributed by atoms with Gasteiger partial charge < -0.3 is 20.1 Å². The zero-order chi connectivity index (χ0) is 27.1. The van der Waals surface area contributed by atoms with Crippen molar-refractivity contribution >= 4 is 34.3 Å². The number of nitrogens with two attached hydrogens (primary N) is 1. The van der Waals surface area contributed by atoms with E-state index >= 15 is 0 Å². The maximum Gasteiger partial charge on any atom is 0.155 e. The summed E-state index contributed by atoms with van der Waals surface area (Å²) < 4.78 is 12.2. The molecule has 2 aromatic carbocycles. The van der Waals surface area contributed by atoms with Crippen LogP contribution >= 0.6 is 0 Å². The Bertz CT molecular complexity index is 1720. The average Bonchev–Trinajstić information content (AvgIpc) is 3.47. The molecule has 0 atom stereocenters. The van der Waals surface area contributed by atoms with Crippen LogP contribution in [-0.4, -0.2) is 64.5 Å². The Morgan fingerprint density at radius 3 is 2.27 bits per heavy atom. The lowest BCUT2D eigenvalue weighted by Gasteiger charge is -2.35. The number of aromatic amines is 1. The first-order chi connectivity index (χ1) is 19.7. The van der Waals surface area contributed by atoms with Crippen molar-refractivity contribution in [2.24, 2.45) is 0 Å². The van der Waals surface area contributed by atoms with E-state index in [0.29, 0.717) is 5.82 Å². The van der Waals surface area contributed by atoms with Crippen LogP contribution in [0.5, 0.6) is 11.5 Å². The molecule has 0 bridgehead atoms. The molecule has 5 heterocycles. The van der Waals surface area contributed by atoms with E-state index < -0.39 is 0 Å². The highest BCUT2D eigenvalue weighted by Gasteiger charge is 2.26. The van der Waals surface area contributed by atoms with Crippen molar-refractivity contribution in [2.75, 3.05) is 50.0 Å². The van der Waals surface area contributed by atoms with E-state index in [1.54, 1.807) is 18.5 Å². The topological polar surface area (TPSA) is 105 Å². The fraction of sp³-hybridized carbons (Fsp3) is 0.194. The molecule has 5 aromatic rings. The number of benzene rings is 2. The molecule has 0 unspecified atom stereocenters. The third-order valence-corrected chi connectivity index (χ3v) is 7.59. The molecule has 40 heavy (non-hydrogen) atoms. The van der Waals surface area contributed by atoms with Gasteiger partial charge in [-0.25, -0.2) is 9.97 Å². The first-order valence-corrected chi connectivity index (χ1v) is 13.4. The van der Waals surface area contributed by atoms with Crippen LogP contribution < -0.4 is 15.4 Å². The number of fused-ring (bicyclic) bond motifs is 3. The average molecular weight is 532 g/mol. The first kappa shape index (κ1) is 24.3. The van der Waals surface area contributed by atoms with Gasteiger partial charge in [-0.3, -0.25) is 10.00 Å². The van der Waals surface area contributed by atoms with Crippen molar-refractivity contribution < 1.29 is 9.47 Å². The van der Waals surface area contributed by atoms with E-state index in [9.17, 15) is 0 Å². The molecule has 1 fully saturated rings. The number of nitrogens with zero attached hydrogens (tertiary/aromatic N) is 5. The number of nitrogen functional groups attached to an aromatic ring is 1. The lowest BCUT2D eigenvalue weighted by molar-refractivity contribution is 0.0394. The van der Waals surface area contributed by atoms with Gasteiger partial charge in [-0.2, -0.15) is 5.10 Å². The van der Waals surface area contributed by atoms with E-state index in [2.05, 4.69) is 79.0 Å². The summed E-state index contributed by atoms with van der Waals surface area (Å²) in [5.74, 6) is 2.06. The summed E-state index contributed by atoms with van der Waals surface area (Å²) in [6.07, 6.45) is 7.16. The molecule has 0 amide bonds. The highest BCUT2D eigenvalue weighted by Crippen LogP contribution is 2.49. The quantitative estimate of drug-likeness (QED) is 0.296. The third-order valence-electron chi connectivity index (χ3n) is 7.59. The van der Waals surface area contributed by atoms with Gasteiger partial charge in [0.2, 0.25) is 0 Å². The van der Waals surface area contributed by atoms with Gasteiger partial charge in [0.15, 0.2) is 17.1 Å². The smallest absolute Gasteiger partial charge is 0.155 e. The number of ether oxygens (including phenoxy) is 2. The molecule has 0 spiro atoms. The molecular formula is C31H29N7O2. The van der Waals surface area contributed by atoms with E-state index in [-0.39, 0.29) is 0 Å². The predicted molar refractivity (Wildman–Crippen MR) is 158 cm³/mol. The van der Waals surface area contributed by atoms with Crippen molar-refractivity contribution in [3.63, 3.8) is 0 Å². The second kappa shape index (κ2) is 10.1. The lowest BCUT2D eigenvalue weighted by Crippen LogP contribution is -2.41. The predicted octanol–water partition coefficient (Wildman–Crippen LogP) is 5.49. The Balaban J connectivity index is 1.27. The molecule has 2 aliphatic heterocycles. The van der Waals surface area contributed by atoms with Crippen LogP contribution in [0.15, 0.2) is 73.7 Å². The van der Waals surface area contributed by atoms with Gasteiger partial charge in [0, 0.05) is 60.6 Å². The fourth-order valence-corrected chi connectivity index (χ4v) is 5.36. The third kappa shape index (κ3) is 4.45. The maximum absolute atomic E-state index is 6.60. The van der Waals surface area contributed by atoms with Crippen LogP contribution in [0.2, 0.25) is 0 Å². The maximum atomic E-state index is 6.60. The van der Waals surface area contributed by atoms with Crippen molar-refractivity contribution in [2.45, 2.75) is 0 Å². The van der Waals surface area contributed by atoms with E-state index in [1.165, 1.54) is 0 Å². The van der Waals surface area contributed by atoms with Crippen LogP contribution in [0.4, 0.5) is 17.2 Å². The van der Waals surface area contributed by atoms with Gasteiger partial charge in [-0.15, -0.1) is 0 Å². The second-order valence-electron chi connectivity index (χ2n) is 10.0. The van der Waals surface area contributed by atoms with E-state index in [1.807, 2.05) is 12.3 Å². The van der Waals surface area contributed by atoms with Gasteiger partial charge in [0.25, 0.3) is 0 Å². The normalized spacial score (nSPS) is 14.9. The molecule has 0 saturated carbocycles. The highest BCUT2D eigenvalue weighted by atomic mass is 16.5. The van der Waals surface area contributed by atoms with Crippen LogP contribution in [0.25, 0.3) is 39.4 Å². The minimum absolute atomic E-state index is 0.465. The Kier molecular flexibility index (Phi) is 6.14. The summed E-state index contributed by atoms with van der Waals surface area (Å²) in [5, 5.41) is 7.98. The van der Waals surface area contributed by atoms with Crippen LogP contribution in [-0.2, 0) is 4.74 Å². The summed E-state index contributed by atoms with van der Waals surface area (Å²) in [7, 11) is 0. The van der Waals surface area contributed by atoms with Gasteiger partial charge >= 0.3 is 0 Å². The summed E-state index contributed by atoms with van der Waals surface area (Å²) in [6, 6.07) is 16.8. The Hall–Kier alpha value is -4.73. The van der Waals surface area contributed by atoms with Gasteiger partial charge in [-0.1, -0.05) is 24.8 Å². The number of nitrogens with one attached hydrogen (secondary N) is 1. The first-order valence-electron chi connectivity index (χ1n) is 13.4. The highest BCUT2D eigenvalue weighted by molar-refractivity contribution is 5.85. The summed E-state index contributed by atoms with van der Waals surface area (Å²) in [4.78, 5) is 13.7. The molecule has 7 rings (SSSR count). The molecular weight excluding hydrogens is 502 g/mol. The van der Waals surface area contributed by atoms with Crippen molar-refractivity contribution in [3.8, 4) is 33.8 Å². The SMILES string of the molecule is C=Cc1cc(-c2ccc3c(c2)Oc2cc(-c4cnc5[nH]ncc5c4)ccc2N3CCN2CCOCC2)cnc1N. The number of hydrogen-bond acceptors (Lipinski definition) is 8. The standard InChI is InChI=1S/C31H29N7O2/c1-2-20-13-23(17-33-30(20)32)21-3-5-26-28(15-21)40-29-16-22(24-14-25-19-35-36-31(25)34-18-24)4-6-27(29)38(26)8-7-37-9-11-39-12-10-37/h2-6,13-19H,1,7-12H2,(H2,32,33)(H,34,35,36). The van der Waals surface area contributed by atoms with E-state index in [4.69, 9.17) is 15.2 Å². The molecule has 3 N–H and O–H groups in total. The molecule has 200 valence electrons. The van der Waals surface area contributed by atoms with Gasteiger partial charge in [0.1, 0.15) is 5.82 Å². The number of morpholine rings is 1.